The number of pyridine rings is 1. The number of hydrogen-bond acceptors (Lipinski definition) is 5. The van der Waals surface area contributed by atoms with Crippen LogP contribution < -0.4 is 14.9 Å². The number of rotatable bonds is 10. The molecule has 1 N–H and O–H groups in total. The summed E-state index contributed by atoms with van der Waals surface area (Å²) in [7, 11) is 0. The van der Waals surface area contributed by atoms with Gasteiger partial charge < -0.3 is 9.47 Å². The van der Waals surface area contributed by atoms with Crippen LogP contribution >= 0.6 is 0 Å². The number of hydrazone groups is 1. The van der Waals surface area contributed by atoms with Gasteiger partial charge in [0.1, 0.15) is 17.2 Å². The molecule has 3 aromatic rings. The highest BCUT2D eigenvalue weighted by atomic mass is 16.5. The van der Waals surface area contributed by atoms with E-state index in [4.69, 9.17) is 9.47 Å². The number of nitrogens with one attached hydrogen (secondary N) is 1. The van der Waals surface area contributed by atoms with E-state index < -0.39 is 0 Å². The molecule has 6 heteroatoms. The van der Waals surface area contributed by atoms with Crippen LogP contribution in [0, 0.1) is 5.92 Å². The molecule has 0 aliphatic rings. The van der Waals surface area contributed by atoms with Crippen molar-refractivity contribution in [1.82, 2.24) is 10.4 Å². The van der Waals surface area contributed by atoms with Crippen molar-refractivity contribution in [2.45, 2.75) is 27.2 Å². The summed E-state index contributed by atoms with van der Waals surface area (Å²) in [5.41, 5.74) is 5.46. The molecule has 0 saturated carbocycles. The molecule has 0 radical (unpaired) electrons. The van der Waals surface area contributed by atoms with Gasteiger partial charge in [0, 0.05) is 6.20 Å². The predicted octanol–water partition coefficient (Wildman–Crippen LogP) is 5.61. The molecule has 32 heavy (non-hydrogen) atoms. The summed E-state index contributed by atoms with van der Waals surface area (Å²) < 4.78 is 11.3. The molecule has 0 unspecified atom stereocenters. The van der Waals surface area contributed by atoms with Gasteiger partial charge in [-0.2, -0.15) is 5.10 Å². The average molecular weight is 431 g/mol. The van der Waals surface area contributed by atoms with Crippen LogP contribution in [0.15, 0.2) is 83.0 Å². The van der Waals surface area contributed by atoms with Gasteiger partial charge in [0.2, 0.25) is 0 Å². The lowest BCUT2D eigenvalue weighted by molar-refractivity contribution is 0.289. The maximum absolute atomic E-state index is 5.77. The van der Waals surface area contributed by atoms with Crippen molar-refractivity contribution in [2.75, 3.05) is 13.2 Å². The number of aromatic nitrogens is 1. The Morgan fingerprint density at radius 2 is 1.69 bits per heavy atom. The van der Waals surface area contributed by atoms with Crippen LogP contribution in [0.1, 0.15) is 38.4 Å². The Balaban J connectivity index is 1.68. The van der Waals surface area contributed by atoms with Crippen molar-refractivity contribution in [3.05, 3.63) is 84.2 Å². The number of benzene rings is 2. The van der Waals surface area contributed by atoms with Gasteiger partial charge in [0.05, 0.1) is 25.1 Å². The van der Waals surface area contributed by atoms with Gasteiger partial charge in [-0.1, -0.05) is 19.9 Å². The van der Waals surface area contributed by atoms with E-state index in [1.54, 1.807) is 12.4 Å². The zero-order valence-corrected chi connectivity index (χ0v) is 18.9. The van der Waals surface area contributed by atoms with Crippen LogP contribution in [-0.2, 0) is 0 Å². The van der Waals surface area contributed by atoms with E-state index >= 15 is 0 Å². The molecule has 166 valence electrons. The molecule has 0 bridgehead atoms. The Kier molecular flexibility index (Phi) is 8.80. The molecule has 6 nitrogen and oxygen atoms in total. The topological polar surface area (TPSA) is 68.1 Å². The molecule has 0 amide bonds. The third kappa shape index (κ3) is 7.54. The quantitative estimate of drug-likeness (QED) is 0.258. The zero-order chi connectivity index (χ0) is 22.6. The zero-order valence-electron chi connectivity index (χ0n) is 18.9. The van der Waals surface area contributed by atoms with Crippen LogP contribution in [-0.4, -0.2) is 30.2 Å². The summed E-state index contributed by atoms with van der Waals surface area (Å²) in [5, 5.41) is 4.37. The number of ether oxygens (including phenoxy) is 2. The van der Waals surface area contributed by atoms with Crippen molar-refractivity contribution in [3.63, 3.8) is 0 Å². The lowest BCUT2D eigenvalue weighted by atomic mass is 10.1. The summed E-state index contributed by atoms with van der Waals surface area (Å²) in [6, 6.07) is 21.1. The first kappa shape index (κ1) is 23.0. The van der Waals surface area contributed by atoms with Crippen LogP contribution in [0.4, 0.5) is 5.69 Å². The fourth-order valence-electron chi connectivity index (χ4n) is 2.79. The lowest BCUT2D eigenvalue weighted by Gasteiger charge is -2.08. The lowest BCUT2D eigenvalue weighted by Crippen LogP contribution is -2.20. The van der Waals surface area contributed by atoms with Gasteiger partial charge in [-0.25, -0.2) is 4.99 Å². The predicted molar refractivity (Wildman–Crippen MR) is 130 cm³/mol. The van der Waals surface area contributed by atoms with Gasteiger partial charge in [-0.15, -0.1) is 0 Å². The third-order valence-corrected chi connectivity index (χ3v) is 4.52. The number of amidine groups is 1. The highest BCUT2D eigenvalue weighted by Gasteiger charge is 2.04. The summed E-state index contributed by atoms with van der Waals surface area (Å²) in [4.78, 5) is 9.07. The molecular weight excluding hydrogens is 400 g/mol. The fourth-order valence-corrected chi connectivity index (χ4v) is 2.79. The van der Waals surface area contributed by atoms with Gasteiger partial charge in [0.15, 0.2) is 5.84 Å². The molecular formula is C26H30N4O2. The van der Waals surface area contributed by atoms with E-state index in [-0.39, 0.29) is 0 Å². The van der Waals surface area contributed by atoms with E-state index in [0.29, 0.717) is 24.1 Å². The molecule has 0 spiro atoms. The van der Waals surface area contributed by atoms with Crippen LogP contribution in [0.5, 0.6) is 11.5 Å². The minimum atomic E-state index is 0.555. The van der Waals surface area contributed by atoms with E-state index in [1.165, 1.54) is 0 Å². The van der Waals surface area contributed by atoms with Crippen molar-refractivity contribution in [3.8, 4) is 11.5 Å². The average Bonchev–Trinajstić information content (AvgIpc) is 2.81. The maximum Gasteiger partial charge on any atom is 0.172 e. The van der Waals surface area contributed by atoms with Crippen molar-refractivity contribution in [2.24, 2.45) is 16.0 Å². The molecule has 2 aromatic carbocycles. The minimum absolute atomic E-state index is 0.555. The molecule has 0 atom stereocenters. The van der Waals surface area contributed by atoms with Crippen molar-refractivity contribution in [1.29, 1.82) is 0 Å². The Hall–Kier alpha value is -3.67. The number of hydrogen-bond donors (Lipinski definition) is 1. The molecule has 1 aromatic heterocycles. The minimum Gasteiger partial charge on any atom is -0.494 e. The van der Waals surface area contributed by atoms with Crippen molar-refractivity contribution >= 4 is 17.7 Å². The summed E-state index contributed by atoms with van der Waals surface area (Å²) >= 11 is 0. The smallest absolute Gasteiger partial charge is 0.172 e. The Morgan fingerprint density at radius 3 is 2.34 bits per heavy atom. The largest absolute Gasteiger partial charge is 0.494 e. The van der Waals surface area contributed by atoms with Gasteiger partial charge in [-0.05, 0) is 85.5 Å². The standard InChI is InChI=1S/C26H30N4O2/c1-4-31-23-14-10-22(11-15-23)29-26(25-7-5-6-17-27-25)30-28-19-21-8-12-24(13-9-21)32-18-16-20(2)3/h5-15,17,19-20H,4,16,18H2,1-3H3,(H,29,30)/b28-19+. The first-order valence-corrected chi connectivity index (χ1v) is 10.9. The molecule has 0 aliphatic carbocycles. The summed E-state index contributed by atoms with van der Waals surface area (Å²) in [5.74, 6) is 2.86. The Labute approximate surface area is 190 Å². The van der Waals surface area contributed by atoms with Crippen LogP contribution in [0.25, 0.3) is 0 Å². The fraction of sp³-hybridized carbons (Fsp3) is 0.269. The second-order valence-corrected chi connectivity index (χ2v) is 7.57. The van der Waals surface area contributed by atoms with E-state index in [9.17, 15) is 0 Å². The second kappa shape index (κ2) is 12.2. The molecule has 3 rings (SSSR count). The van der Waals surface area contributed by atoms with Crippen LogP contribution in [0.3, 0.4) is 0 Å². The van der Waals surface area contributed by atoms with E-state index in [0.717, 1.165) is 35.8 Å². The molecule has 1 heterocycles. The Morgan fingerprint density at radius 1 is 0.969 bits per heavy atom. The van der Waals surface area contributed by atoms with Gasteiger partial charge in [-0.3, -0.25) is 10.4 Å². The molecule has 0 aliphatic heterocycles. The van der Waals surface area contributed by atoms with Crippen molar-refractivity contribution < 1.29 is 9.47 Å². The first-order valence-electron chi connectivity index (χ1n) is 10.9. The second-order valence-electron chi connectivity index (χ2n) is 7.57. The third-order valence-electron chi connectivity index (χ3n) is 4.52. The van der Waals surface area contributed by atoms with E-state index in [1.807, 2.05) is 73.7 Å². The van der Waals surface area contributed by atoms with Gasteiger partial charge >= 0.3 is 0 Å². The normalized spacial score (nSPS) is 11.7. The highest BCUT2D eigenvalue weighted by Crippen LogP contribution is 2.19. The number of nitrogens with zero attached hydrogens (tertiary/aromatic N) is 3. The summed E-state index contributed by atoms with van der Waals surface area (Å²) in [6.07, 6.45) is 4.51. The van der Waals surface area contributed by atoms with Gasteiger partial charge in [0.25, 0.3) is 0 Å². The van der Waals surface area contributed by atoms with Crippen LogP contribution in [0.2, 0.25) is 0 Å². The Bertz CT molecular complexity index is 998. The molecule has 0 saturated heterocycles. The monoisotopic (exact) mass is 430 g/mol. The number of aliphatic imine (C=N–C) groups is 1. The highest BCUT2D eigenvalue weighted by molar-refractivity contribution is 5.99. The SMILES string of the molecule is CCOc1ccc(N=C(N/N=C/c2ccc(OCCC(C)C)cc2)c2ccccn2)cc1. The van der Waals surface area contributed by atoms with E-state index in [2.05, 4.69) is 34.4 Å². The summed E-state index contributed by atoms with van der Waals surface area (Å²) in [6.45, 7) is 7.69. The first-order chi connectivity index (χ1) is 15.6. The maximum atomic E-state index is 5.77. The molecule has 0 fully saturated rings.